The summed E-state index contributed by atoms with van der Waals surface area (Å²) in [4.78, 5) is 9.78. The molecule has 0 spiro atoms. The Kier molecular flexibility index (Phi) is 9.21. The molecular weight excluding hydrogens is 559 g/mol. The number of hydrogen-bond donors (Lipinski definition) is 0. The smallest absolute Gasteiger partial charge is 0.426 e. The molecule has 41 heavy (non-hydrogen) atoms. The lowest BCUT2D eigenvalue weighted by Gasteiger charge is -2.42. The predicted octanol–water partition coefficient (Wildman–Crippen LogP) is 4.61. The molecule has 0 bridgehead atoms. The van der Waals surface area contributed by atoms with Gasteiger partial charge in [0.15, 0.2) is 11.9 Å². The lowest BCUT2D eigenvalue weighted by Crippen LogP contribution is -2.59. The summed E-state index contributed by atoms with van der Waals surface area (Å²) in [5, 5.41) is 8.35. The summed E-state index contributed by atoms with van der Waals surface area (Å²) >= 11 is 0. The van der Waals surface area contributed by atoms with Gasteiger partial charge in [-0.05, 0) is 36.8 Å². The third kappa shape index (κ3) is 6.81. The molecule has 1 saturated heterocycles. The standard InChI is InChI=1S/C26H27F5N4O6/c1-15-20(36-2)21(37-3)22(38-4)24(39-15)41-33-13-16-5-7-17(8-6-16)23-32-14-35(34-23)18-9-11-19(12-10-18)40-26(30,31)25(27,28)29/h5-15,20-22,24H,1-4H3/b33-13+/t15-,20-,21+,22+,24-/m0/s1. The maximum atomic E-state index is 13.1. The fourth-order valence-electron chi connectivity index (χ4n) is 4.16. The molecule has 10 nitrogen and oxygen atoms in total. The molecular formula is C26H27F5N4O6. The molecule has 15 heteroatoms. The first-order valence-electron chi connectivity index (χ1n) is 12.2. The topological polar surface area (TPSA) is 98.5 Å². The van der Waals surface area contributed by atoms with E-state index in [-0.39, 0.29) is 12.2 Å². The van der Waals surface area contributed by atoms with Crippen molar-refractivity contribution in [1.29, 1.82) is 0 Å². The third-order valence-corrected chi connectivity index (χ3v) is 6.25. The van der Waals surface area contributed by atoms with Crippen molar-refractivity contribution in [1.82, 2.24) is 14.8 Å². The molecule has 1 aromatic heterocycles. The van der Waals surface area contributed by atoms with Crippen molar-refractivity contribution in [2.75, 3.05) is 21.3 Å². The van der Waals surface area contributed by atoms with Gasteiger partial charge in [0.25, 0.3) is 6.29 Å². The Bertz CT molecular complexity index is 1300. The Morgan fingerprint density at radius 3 is 2.10 bits per heavy atom. The minimum atomic E-state index is -5.83. The molecule has 5 atom stereocenters. The van der Waals surface area contributed by atoms with Crippen LogP contribution in [0.2, 0.25) is 0 Å². The molecule has 3 aromatic rings. The van der Waals surface area contributed by atoms with Gasteiger partial charge in [-0.1, -0.05) is 29.4 Å². The fraction of sp³-hybridized carbons (Fsp3) is 0.423. The van der Waals surface area contributed by atoms with Gasteiger partial charge in [0.1, 0.15) is 24.3 Å². The minimum Gasteiger partial charge on any atom is -0.426 e. The van der Waals surface area contributed by atoms with Crippen LogP contribution in [0, 0.1) is 0 Å². The highest BCUT2D eigenvalue weighted by Crippen LogP contribution is 2.37. The van der Waals surface area contributed by atoms with E-state index < -0.39 is 36.5 Å². The van der Waals surface area contributed by atoms with Crippen LogP contribution in [0.4, 0.5) is 22.0 Å². The van der Waals surface area contributed by atoms with Crippen molar-refractivity contribution in [3.05, 3.63) is 60.4 Å². The summed E-state index contributed by atoms with van der Waals surface area (Å²) < 4.78 is 90.7. The van der Waals surface area contributed by atoms with E-state index in [4.69, 9.17) is 23.8 Å². The number of rotatable bonds is 10. The van der Waals surface area contributed by atoms with Crippen LogP contribution in [0.25, 0.3) is 17.1 Å². The van der Waals surface area contributed by atoms with Gasteiger partial charge in [-0.15, -0.1) is 5.10 Å². The van der Waals surface area contributed by atoms with E-state index in [2.05, 4.69) is 20.0 Å². The van der Waals surface area contributed by atoms with E-state index in [1.165, 1.54) is 36.5 Å². The second kappa shape index (κ2) is 12.5. The SMILES string of the molecule is CO[C@@H]1[C@@H](OC)[C@H](C)O[C@@H](O/N=C/c2ccc(-c3ncn(-c4ccc(OC(F)(F)C(F)(F)F)cc4)n3)cc2)[C@@H]1OC. The summed E-state index contributed by atoms with van der Waals surface area (Å²) in [6.07, 6.45) is -10.8. The summed E-state index contributed by atoms with van der Waals surface area (Å²) in [5.74, 6) is -0.308. The number of oxime groups is 1. The molecule has 1 aliphatic rings. The number of benzene rings is 2. The normalized spacial score (nSPS) is 23.6. The molecule has 1 aliphatic heterocycles. The number of hydrogen-bond acceptors (Lipinski definition) is 9. The van der Waals surface area contributed by atoms with Crippen molar-refractivity contribution in [3.8, 4) is 22.8 Å². The average Bonchev–Trinajstić information content (AvgIpc) is 3.43. The van der Waals surface area contributed by atoms with Gasteiger partial charge >= 0.3 is 12.3 Å². The maximum absolute atomic E-state index is 13.1. The molecule has 0 radical (unpaired) electrons. The fourth-order valence-corrected chi connectivity index (χ4v) is 4.16. The van der Waals surface area contributed by atoms with Gasteiger partial charge in [-0.3, -0.25) is 0 Å². The van der Waals surface area contributed by atoms with Gasteiger partial charge in [0.05, 0.1) is 18.0 Å². The van der Waals surface area contributed by atoms with Crippen molar-refractivity contribution in [3.63, 3.8) is 0 Å². The first kappa shape index (κ1) is 30.3. The Morgan fingerprint density at radius 2 is 1.51 bits per heavy atom. The molecule has 0 N–H and O–H groups in total. The number of alkyl halides is 5. The van der Waals surface area contributed by atoms with Gasteiger partial charge < -0.3 is 28.5 Å². The Morgan fingerprint density at radius 1 is 0.878 bits per heavy atom. The lowest BCUT2D eigenvalue weighted by atomic mass is 9.99. The number of nitrogens with zero attached hydrogens (tertiary/aromatic N) is 4. The molecule has 0 aliphatic carbocycles. The van der Waals surface area contributed by atoms with E-state index in [1.807, 2.05) is 6.92 Å². The van der Waals surface area contributed by atoms with E-state index in [0.717, 1.165) is 12.1 Å². The average molecular weight is 587 g/mol. The summed E-state index contributed by atoms with van der Waals surface area (Å²) in [6.45, 7) is 1.84. The maximum Gasteiger partial charge on any atom is 0.499 e. The van der Waals surface area contributed by atoms with Crippen LogP contribution in [-0.4, -0.2) is 85.3 Å². The number of ether oxygens (including phenoxy) is 5. The van der Waals surface area contributed by atoms with Crippen molar-refractivity contribution in [2.45, 2.75) is 49.9 Å². The van der Waals surface area contributed by atoms with E-state index in [1.54, 1.807) is 38.5 Å². The second-order valence-corrected chi connectivity index (χ2v) is 8.90. The number of aromatic nitrogens is 3. The predicted molar refractivity (Wildman–Crippen MR) is 134 cm³/mol. The quantitative estimate of drug-likeness (QED) is 0.193. The van der Waals surface area contributed by atoms with Crippen LogP contribution < -0.4 is 4.74 Å². The molecule has 0 saturated carbocycles. The van der Waals surface area contributed by atoms with Crippen molar-refractivity contribution in [2.24, 2.45) is 5.16 Å². The molecule has 1 fully saturated rings. The van der Waals surface area contributed by atoms with Gasteiger partial charge in [-0.2, -0.15) is 22.0 Å². The largest absolute Gasteiger partial charge is 0.499 e. The van der Waals surface area contributed by atoms with Crippen LogP contribution >= 0.6 is 0 Å². The number of halogens is 5. The molecule has 2 heterocycles. The second-order valence-electron chi connectivity index (χ2n) is 8.90. The van der Waals surface area contributed by atoms with Gasteiger partial charge in [-0.25, -0.2) is 9.67 Å². The lowest BCUT2D eigenvalue weighted by molar-refractivity contribution is -0.360. The van der Waals surface area contributed by atoms with E-state index >= 15 is 0 Å². The summed E-state index contributed by atoms with van der Waals surface area (Å²) in [5.41, 5.74) is 1.73. The molecule has 0 unspecified atom stereocenters. The molecule has 0 amide bonds. The zero-order chi connectivity index (χ0) is 29.8. The van der Waals surface area contributed by atoms with Crippen molar-refractivity contribution < 1.29 is 50.5 Å². The zero-order valence-corrected chi connectivity index (χ0v) is 22.3. The minimum absolute atomic E-state index is 0.325. The summed E-state index contributed by atoms with van der Waals surface area (Å²) in [7, 11) is 4.63. The van der Waals surface area contributed by atoms with Crippen LogP contribution in [0.5, 0.6) is 5.75 Å². The Balaban J connectivity index is 1.38. The van der Waals surface area contributed by atoms with Crippen LogP contribution in [0.1, 0.15) is 12.5 Å². The van der Waals surface area contributed by atoms with Crippen molar-refractivity contribution >= 4 is 6.21 Å². The molecule has 222 valence electrons. The highest BCUT2D eigenvalue weighted by atomic mass is 19.4. The van der Waals surface area contributed by atoms with Crippen LogP contribution in [-0.2, 0) is 23.8 Å². The zero-order valence-electron chi connectivity index (χ0n) is 22.3. The Labute approximate surface area is 231 Å². The highest BCUT2D eigenvalue weighted by Gasteiger charge is 2.61. The first-order valence-corrected chi connectivity index (χ1v) is 12.2. The van der Waals surface area contributed by atoms with Gasteiger partial charge in [0, 0.05) is 26.9 Å². The summed E-state index contributed by atoms with van der Waals surface area (Å²) in [6, 6.07) is 11.5. The molecule has 4 rings (SSSR count). The molecule has 2 aromatic carbocycles. The van der Waals surface area contributed by atoms with E-state index in [9.17, 15) is 22.0 Å². The van der Waals surface area contributed by atoms with Crippen LogP contribution in [0.3, 0.4) is 0 Å². The highest BCUT2D eigenvalue weighted by molar-refractivity contribution is 5.80. The third-order valence-electron chi connectivity index (χ3n) is 6.25. The first-order chi connectivity index (χ1) is 19.5. The van der Waals surface area contributed by atoms with Gasteiger partial charge in [0.2, 0.25) is 0 Å². The number of methoxy groups -OCH3 is 3. The van der Waals surface area contributed by atoms with E-state index in [0.29, 0.717) is 22.6 Å². The monoisotopic (exact) mass is 586 g/mol. The van der Waals surface area contributed by atoms with Crippen LogP contribution in [0.15, 0.2) is 60.0 Å². The Hall–Kier alpha value is -3.66.